The van der Waals surface area contributed by atoms with Crippen LogP contribution in [0.5, 0.6) is 0 Å². The van der Waals surface area contributed by atoms with Crippen molar-refractivity contribution < 1.29 is 4.74 Å². The molecule has 1 unspecified atom stereocenters. The van der Waals surface area contributed by atoms with E-state index >= 15 is 0 Å². The van der Waals surface area contributed by atoms with Gasteiger partial charge >= 0.3 is 0 Å². The molecule has 4 nitrogen and oxygen atoms in total. The number of hydrogen-bond acceptors (Lipinski definition) is 3. The maximum Gasteiger partial charge on any atom is 0.0762 e. The summed E-state index contributed by atoms with van der Waals surface area (Å²) in [6, 6.07) is 3.31. The van der Waals surface area contributed by atoms with Crippen LogP contribution in [0.25, 0.3) is 0 Å². The summed E-state index contributed by atoms with van der Waals surface area (Å²) in [5.74, 6) is 0. The van der Waals surface area contributed by atoms with Gasteiger partial charge in [0.15, 0.2) is 0 Å². The van der Waals surface area contributed by atoms with Crippen molar-refractivity contribution in [3.05, 3.63) is 18.0 Å². The number of nitrogens with zero attached hydrogens (tertiary/aromatic N) is 2. The first-order valence-electron chi connectivity index (χ1n) is 7.27. The van der Waals surface area contributed by atoms with Crippen LogP contribution < -0.4 is 5.32 Å². The highest BCUT2D eigenvalue weighted by atomic mass is 16.5. The first kappa shape index (κ1) is 12.2. The van der Waals surface area contributed by atoms with E-state index in [2.05, 4.69) is 22.3 Å². The fourth-order valence-electron chi connectivity index (χ4n) is 2.99. The molecule has 1 aliphatic heterocycles. The number of aromatic nitrogens is 2. The number of nitrogens with one attached hydrogen (secondary N) is 1. The molecule has 1 aromatic rings. The van der Waals surface area contributed by atoms with Crippen molar-refractivity contribution in [3.8, 4) is 0 Å². The molecule has 1 saturated heterocycles. The van der Waals surface area contributed by atoms with Gasteiger partial charge in [0, 0.05) is 25.4 Å². The Morgan fingerprint density at radius 3 is 2.94 bits per heavy atom. The highest BCUT2D eigenvalue weighted by Crippen LogP contribution is 2.28. The SMILES string of the molecule is c1cn(C2CCCC2)nc1CNC1CCCOC1. The average molecular weight is 249 g/mol. The van der Waals surface area contributed by atoms with Gasteiger partial charge in [0.2, 0.25) is 0 Å². The topological polar surface area (TPSA) is 39.1 Å². The van der Waals surface area contributed by atoms with Crippen molar-refractivity contribution in [1.82, 2.24) is 15.1 Å². The second-order valence-electron chi connectivity index (χ2n) is 5.52. The molecule has 100 valence electrons. The van der Waals surface area contributed by atoms with Crippen LogP contribution in [-0.2, 0) is 11.3 Å². The molecule has 18 heavy (non-hydrogen) atoms. The first-order chi connectivity index (χ1) is 8.92. The Balaban J connectivity index is 1.50. The Kier molecular flexibility index (Phi) is 3.96. The van der Waals surface area contributed by atoms with Gasteiger partial charge in [-0.15, -0.1) is 0 Å². The van der Waals surface area contributed by atoms with E-state index in [1.54, 1.807) is 0 Å². The lowest BCUT2D eigenvalue weighted by Crippen LogP contribution is -2.36. The van der Waals surface area contributed by atoms with Gasteiger partial charge in [-0.2, -0.15) is 5.10 Å². The Morgan fingerprint density at radius 2 is 2.17 bits per heavy atom. The summed E-state index contributed by atoms with van der Waals surface area (Å²) < 4.78 is 7.64. The summed E-state index contributed by atoms with van der Waals surface area (Å²) in [4.78, 5) is 0. The number of hydrogen-bond donors (Lipinski definition) is 1. The summed E-state index contributed by atoms with van der Waals surface area (Å²) in [5.41, 5.74) is 1.16. The Labute approximate surface area is 109 Å². The van der Waals surface area contributed by atoms with E-state index in [-0.39, 0.29) is 0 Å². The van der Waals surface area contributed by atoms with Crippen LogP contribution in [-0.4, -0.2) is 29.0 Å². The lowest BCUT2D eigenvalue weighted by Gasteiger charge is -2.22. The van der Waals surface area contributed by atoms with Gasteiger partial charge in [-0.05, 0) is 31.7 Å². The number of ether oxygens (including phenoxy) is 1. The van der Waals surface area contributed by atoms with E-state index < -0.39 is 0 Å². The van der Waals surface area contributed by atoms with Crippen molar-refractivity contribution in [3.63, 3.8) is 0 Å². The average Bonchev–Trinajstić information content (AvgIpc) is 3.08. The molecular formula is C14H23N3O. The molecule has 1 aromatic heterocycles. The maximum absolute atomic E-state index is 5.47. The molecule has 0 spiro atoms. The third kappa shape index (κ3) is 2.93. The highest BCUT2D eigenvalue weighted by molar-refractivity contribution is 5.00. The van der Waals surface area contributed by atoms with Crippen LogP contribution in [0.3, 0.4) is 0 Å². The second kappa shape index (κ2) is 5.85. The highest BCUT2D eigenvalue weighted by Gasteiger charge is 2.18. The van der Waals surface area contributed by atoms with Gasteiger partial charge < -0.3 is 10.1 Å². The molecule has 0 bridgehead atoms. The van der Waals surface area contributed by atoms with Gasteiger partial charge in [-0.1, -0.05) is 12.8 Å². The number of rotatable bonds is 4. The van der Waals surface area contributed by atoms with Gasteiger partial charge in [0.25, 0.3) is 0 Å². The molecule has 1 atom stereocenters. The summed E-state index contributed by atoms with van der Waals surface area (Å²) in [6.07, 6.45) is 9.85. The van der Waals surface area contributed by atoms with Gasteiger partial charge in [-0.25, -0.2) is 0 Å². The minimum absolute atomic E-state index is 0.510. The molecular weight excluding hydrogens is 226 g/mol. The lowest BCUT2D eigenvalue weighted by molar-refractivity contribution is 0.0698. The molecule has 2 heterocycles. The molecule has 2 aliphatic rings. The monoisotopic (exact) mass is 249 g/mol. The smallest absolute Gasteiger partial charge is 0.0762 e. The zero-order valence-corrected chi connectivity index (χ0v) is 11.0. The first-order valence-corrected chi connectivity index (χ1v) is 7.27. The van der Waals surface area contributed by atoms with Crippen molar-refractivity contribution in [2.24, 2.45) is 0 Å². The lowest BCUT2D eigenvalue weighted by atomic mass is 10.1. The van der Waals surface area contributed by atoms with Crippen LogP contribution in [0.4, 0.5) is 0 Å². The van der Waals surface area contributed by atoms with Crippen LogP contribution in [0.15, 0.2) is 12.3 Å². The molecule has 3 rings (SSSR count). The third-order valence-electron chi connectivity index (χ3n) is 4.09. The van der Waals surface area contributed by atoms with Crippen molar-refractivity contribution in [1.29, 1.82) is 0 Å². The van der Waals surface area contributed by atoms with Crippen LogP contribution in [0.2, 0.25) is 0 Å². The second-order valence-corrected chi connectivity index (χ2v) is 5.52. The summed E-state index contributed by atoms with van der Waals surface area (Å²) >= 11 is 0. The van der Waals surface area contributed by atoms with Gasteiger partial charge in [0.1, 0.15) is 0 Å². The Bertz CT molecular complexity index is 365. The zero-order valence-electron chi connectivity index (χ0n) is 11.0. The predicted octanol–water partition coefficient (Wildman–Crippen LogP) is 2.27. The standard InChI is InChI=1S/C14H23N3O/c1-2-6-14(5-1)17-8-7-12(16-17)10-15-13-4-3-9-18-11-13/h7-8,13-15H,1-6,9-11H2. The molecule has 4 heteroatoms. The maximum atomic E-state index is 5.47. The minimum Gasteiger partial charge on any atom is -0.380 e. The van der Waals surface area contributed by atoms with Crippen LogP contribution >= 0.6 is 0 Å². The van der Waals surface area contributed by atoms with Gasteiger partial charge in [-0.3, -0.25) is 4.68 Å². The summed E-state index contributed by atoms with van der Waals surface area (Å²) in [5, 5.41) is 8.23. The predicted molar refractivity (Wildman–Crippen MR) is 70.4 cm³/mol. The summed E-state index contributed by atoms with van der Waals surface area (Å²) in [6.45, 7) is 2.64. The quantitative estimate of drug-likeness (QED) is 0.889. The molecule has 2 fully saturated rings. The molecule has 0 amide bonds. The summed E-state index contributed by atoms with van der Waals surface area (Å²) in [7, 11) is 0. The fraction of sp³-hybridized carbons (Fsp3) is 0.786. The van der Waals surface area contributed by atoms with Crippen molar-refractivity contribution >= 4 is 0 Å². The van der Waals surface area contributed by atoms with E-state index in [1.807, 2.05) is 0 Å². The fourth-order valence-corrected chi connectivity index (χ4v) is 2.99. The minimum atomic E-state index is 0.510. The van der Waals surface area contributed by atoms with Crippen LogP contribution in [0.1, 0.15) is 50.3 Å². The molecule has 0 aromatic carbocycles. The van der Waals surface area contributed by atoms with Gasteiger partial charge in [0.05, 0.1) is 18.3 Å². The van der Waals surface area contributed by atoms with E-state index in [9.17, 15) is 0 Å². The van der Waals surface area contributed by atoms with E-state index in [4.69, 9.17) is 9.84 Å². The molecule has 1 N–H and O–H groups in total. The van der Waals surface area contributed by atoms with E-state index in [0.29, 0.717) is 12.1 Å². The Hall–Kier alpha value is -0.870. The normalized spacial score (nSPS) is 25.7. The third-order valence-corrected chi connectivity index (χ3v) is 4.09. The molecule has 1 aliphatic carbocycles. The zero-order chi connectivity index (χ0) is 12.2. The molecule has 1 saturated carbocycles. The Morgan fingerprint density at radius 1 is 1.28 bits per heavy atom. The molecule has 0 radical (unpaired) electrons. The van der Waals surface area contributed by atoms with Crippen molar-refractivity contribution in [2.45, 2.75) is 57.2 Å². The largest absolute Gasteiger partial charge is 0.380 e. The van der Waals surface area contributed by atoms with Crippen molar-refractivity contribution in [2.75, 3.05) is 13.2 Å². The van der Waals surface area contributed by atoms with E-state index in [0.717, 1.165) is 25.5 Å². The van der Waals surface area contributed by atoms with Crippen LogP contribution in [0, 0.1) is 0 Å². The van der Waals surface area contributed by atoms with E-state index in [1.165, 1.54) is 38.5 Å².